The molecule has 2 aromatic rings. The molecule has 0 radical (unpaired) electrons. The standard InChI is InChI=1S/C16H21BrN2O2/c1-4-11(2)19-8-7-13(18-19)10-15(20)14-9-12(17)5-6-16(14)21-3/h5-9,11,15,20H,4,10H2,1-3H3. The second kappa shape index (κ2) is 7.09. The second-order valence-corrected chi connectivity index (χ2v) is 6.07. The molecule has 5 heteroatoms. The maximum atomic E-state index is 10.5. The van der Waals surface area contributed by atoms with Gasteiger partial charge in [-0.25, -0.2) is 0 Å². The van der Waals surface area contributed by atoms with Gasteiger partial charge in [0.2, 0.25) is 0 Å². The van der Waals surface area contributed by atoms with Crippen LogP contribution < -0.4 is 4.74 Å². The Labute approximate surface area is 133 Å². The normalized spacial score (nSPS) is 14.0. The highest BCUT2D eigenvalue weighted by atomic mass is 79.9. The van der Waals surface area contributed by atoms with E-state index in [0.29, 0.717) is 18.2 Å². The van der Waals surface area contributed by atoms with E-state index in [2.05, 4.69) is 34.9 Å². The van der Waals surface area contributed by atoms with E-state index in [1.165, 1.54) is 0 Å². The van der Waals surface area contributed by atoms with Crippen molar-refractivity contribution >= 4 is 15.9 Å². The molecule has 0 amide bonds. The van der Waals surface area contributed by atoms with E-state index in [1.54, 1.807) is 7.11 Å². The number of hydrogen-bond donors (Lipinski definition) is 1. The molecule has 114 valence electrons. The van der Waals surface area contributed by atoms with Crippen molar-refractivity contribution in [3.63, 3.8) is 0 Å². The van der Waals surface area contributed by atoms with Crippen molar-refractivity contribution in [3.8, 4) is 5.75 Å². The molecule has 0 fully saturated rings. The SMILES string of the molecule is CCC(C)n1ccc(CC(O)c2cc(Br)ccc2OC)n1. The minimum Gasteiger partial charge on any atom is -0.496 e. The Morgan fingerprint density at radius 2 is 2.14 bits per heavy atom. The largest absolute Gasteiger partial charge is 0.496 e. The van der Waals surface area contributed by atoms with Crippen LogP contribution in [0.15, 0.2) is 34.9 Å². The zero-order valence-corrected chi connectivity index (χ0v) is 14.2. The number of benzene rings is 1. The lowest BCUT2D eigenvalue weighted by Gasteiger charge is -2.14. The Morgan fingerprint density at radius 1 is 1.38 bits per heavy atom. The molecule has 1 aromatic carbocycles. The second-order valence-electron chi connectivity index (χ2n) is 5.15. The van der Waals surface area contributed by atoms with Crippen LogP contribution in [0.25, 0.3) is 0 Å². The predicted octanol–water partition coefficient (Wildman–Crippen LogP) is 3.90. The minimum absolute atomic E-state index is 0.372. The lowest BCUT2D eigenvalue weighted by Crippen LogP contribution is -2.07. The third-order valence-electron chi connectivity index (χ3n) is 3.66. The Hall–Kier alpha value is -1.33. The number of aliphatic hydroxyl groups is 1. The van der Waals surface area contributed by atoms with Gasteiger partial charge in [-0.2, -0.15) is 5.10 Å². The van der Waals surface area contributed by atoms with Crippen molar-refractivity contribution in [2.45, 2.75) is 38.8 Å². The highest BCUT2D eigenvalue weighted by molar-refractivity contribution is 9.10. The quantitative estimate of drug-likeness (QED) is 0.857. The molecule has 0 saturated heterocycles. The van der Waals surface area contributed by atoms with Crippen LogP contribution in [0.1, 0.15) is 43.7 Å². The summed E-state index contributed by atoms with van der Waals surface area (Å²) in [7, 11) is 1.61. The number of ether oxygens (including phenoxy) is 1. The van der Waals surface area contributed by atoms with Crippen molar-refractivity contribution in [2.75, 3.05) is 7.11 Å². The number of nitrogens with zero attached hydrogens (tertiary/aromatic N) is 2. The topological polar surface area (TPSA) is 47.3 Å². The van der Waals surface area contributed by atoms with Gasteiger partial charge in [-0.15, -0.1) is 0 Å². The minimum atomic E-state index is -0.641. The summed E-state index contributed by atoms with van der Waals surface area (Å²) in [4.78, 5) is 0. The maximum Gasteiger partial charge on any atom is 0.124 e. The van der Waals surface area contributed by atoms with E-state index in [1.807, 2.05) is 35.1 Å². The molecule has 0 aliphatic carbocycles. The molecule has 2 atom stereocenters. The van der Waals surface area contributed by atoms with Crippen molar-refractivity contribution in [3.05, 3.63) is 46.2 Å². The molecule has 2 unspecified atom stereocenters. The lowest BCUT2D eigenvalue weighted by atomic mass is 10.0. The third-order valence-corrected chi connectivity index (χ3v) is 4.15. The van der Waals surface area contributed by atoms with Gasteiger partial charge in [0.25, 0.3) is 0 Å². The number of hydrogen-bond acceptors (Lipinski definition) is 3. The summed E-state index contributed by atoms with van der Waals surface area (Å²) in [6.07, 6.45) is 2.83. The van der Waals surface area contributed by atoms with Crippen LogP contribution in [-0.4, -0.2) is 22.0 Å². The number of methoxy groups -OCH3 is 1. The smallest absolute Gasteiger partial charge is 0.124 e. The van der Waals surface area contributed by atoms with Crippen LogP contribution in [0, 0.1) is 0 Å². The van der Waals surface area contributed by atoms with Gasteiger partial charge in [0.1, 0.15) is 5.75 Å². The molecular weight excluding hydrogens is 332 g/mol. The van der Waals surface area contributed by atoms with Crippen molar-refractivity contribution < 1.29 is 9.84 Å². The molecule has 0 aliphatic heterocycles. The Morgan fingerprint density at radius 3 is 2.81 bits per heavy atom. The first-order valence-electron chi connectivity index (χ1n) is 7.10. The first-order valence-corrected chi connectivity index (χ1v) is 7.90. The Bertz CT molecular complexity index is 598. The molecule has 1 heterocycles. The first kappa shape index (κ1) is 16.0. The summed E-state index contributed by atoms with van der Waals surface area (Å²) >= 11 is 3.43. The monoisotopic (exact) mass is 352 g/mol. The molecule has 0 aliphatic rings. The average Bonchev–Trinajstić information content (AvgIpc) is 2.94. The van der Waals surface area contributed by atoms with E-state index < -0.39 is 6.10 Å². The molecule has 0 saturated carbocycles. The first-order chi connectivity index (χ1) is 10.0. The summed E-state index contributed by atoms with van der Waals surface area (Å²) in [5.41, 5.74) is 1.65. The molecule has 0 spiro atoms. The van der Waals surface area contributed by atoms with Gasteiger partial charge < -0.3 is 9.84 Å². The van der Waals surface area contributed by atoms with Gasteiger partial charge in [0.15, 0.2) is 0 Å². The van der Waals surface area contributed by atoms with E-state index in [-0.39, 0.29) is 0 Å². The summed E-state index contributed by atoms with van der Waals surface area (Å²) in [6, 6.07) is 7.96. The molecule has 21 heavy (non-hydrogen) atoms. The van der Waals surface area contributed by atoms with Crippen LogP contribution in [0.4, 0.5) is 0 Å². The van der Waals surface area contributed by atoms with Crippen molar-refractivity contribution in [2.24, 2.45) is 0 Å². The molecule has 2 rings (SSSR count). The fourth-order valence-corrected chi connectivity index (χ4v) is 2.57. The average molecular weight is 353 g/mol. The van der Waals surface area contributed by atoms with E-state index in [4.69, 9.17) is 4.74 Å². The third kappa shape index (κ3) is 3.86. The van der Waals surface area contributed by atoms with E-state index in [0.717, 1.165) is 22.2 Å². The van der Waals surface area contributed by atoms with Gasteiger partial charge in [0.05, 0.1) is 18.9 Å². The van der Waals surface area contributed by atoms with E-state index >= 15 is 0 Å². The fraction of sp³-hybridized carbons (Fsp3) is 0.438. The highest BCUT2D eigenvalue weighted by Gasteiger charge is 2.16. The number of halogens is 1. The number of aromatic nitrogens is 2. The molecular formula is C16H21BrN2O2. The van der Waals surface area contributed by atoms with Crippen molar-refractivity contribution in [1.29, 1.82) is 0 Å². The summed E-state index contributed by atoms with van der Waals surface area (Å²) in [5, 5.41) is 15.0. The van der Waals surface area contributed by atoms with E-state index in [9.17, 15) is 5.11 Å². The molecule has 1 N–H and O–H groups in total. The number of aliphatic hydroxyl groups excluding tert-OH is 1. The lowest BCUT2D eigenvalue weighted by molar-refractivity contribution is 0.172. The Kier molecular flexibility index (Phi) is 5.42. The van der Waals surface area contributed by atoms with Crippen LogP contribution in [0.5, 0.6) is 5.75 Å². The van der Waals surface area contributed by atoms with Crippen LogP contribution in [0.2, 0.25) is 0 Å². The summed E-state index contributed by atoms with van der Waals surface area (Å²) < 4.78 is 8.18. The van der Waals surface area contributed by atoms with Gasteiger partial charge in [-0.05, 0) is 37.6 Å². The zero-order valence-electron chi connectivity index (χ0n) is 12.6. The van der Waals surface area contributed by atoms with Gasteiger partial charge in [-0.1, -0.05) is 22.9 Å². The van der Waals surface area contributed by atoms with Gasteiger partial charge in [-0.3, -0.25) is 4.68 Å². The van der Waals surface area contributed by atoms with Crippen molar-refractivity contribution in [1.82, 2.24) is 9.78 Å². The summed E-state index contributed by atoms with van der Waals surface area (Å²) in [5.74, 6) is 0.687. The molecule has 1 aromatic heterocycles. The predicted molar refractivity (Wildman–Crippen MR) is 86.6 cm³/mol. The van der Waals surface area contributed by atoms with Crippen LogP contribution in [0.3, 0.4) is 0 Å². The molecule has 4 nitrogen and oxygen atoms in total. The van der Waals surface area contributed by atoms with Crippen LogP contribution >= 0.6 is 15.9 Å². The van der Waals surface area contributed by atoms with Gasteiger partial charge in [0, 0.05) is 28.7 Å². The summed E-state index contributed by atoms with van der Waals surface area (Å²) in [6.45, 7) is 4.26. The fourth-order valence-electron chi connectivity index (χ4n) is 2.19. The zero-order chi connectivity index (χ0) is 15.4. The molecule has 0 bridgehead atoms. The maximum absolute atomic E-state index is 10.5. The van der Waals surface area contributed by atoms with Gasteiger partial charge >= 0.3 is 0 Å². The highest BCUT2D eigenvalue weighted by Crippen LogP contribution is 2.30. The number of rotatable bonds is 6. The van der Waals surface area contributed by atoms with Crippen LogP contribution in [-0.2, 0) is 6.42 Å². The Balaban J connectivity index is 2.16.